The predicted octanol–water partition coefficient (Wildman–Crippen LogP) is 1.92. The lowest BCUT2D eigenvalue weighted by Crippen LogP contribution is -2.51. The number of piperazine rings is 1. The molecule has 1 aliphatic carbocycles. The molecule has 2 N–H and O–H groups in total. The Kier molecular flexibility index (Phi) is 3.71. The van der Waals surface area contributed by atoms with Gasteiger partial charge in [0.25, 0.3) is 0 Å². The molecule has 1 aromatic rings. The predicted molar refractivity (Wildman–Crippen MR) is 76.9 cm³/mol. The molecular weight excluding hydrogens is 242 g/mol. The van der Waals surface area contributed by atoms with Gasteiger partial charge in [-0.2, -0.15) is 11.3 Å². The number of hydrogen-bond donors (Lipinski definition) is 1. The highest BCUT2D eigenvalue weighted by atomic mass is 32.1. The first-order valence-electron chi connectivity index (χ1n) is 7.01. The summed E-state index contributed by atoms with van der Waals surface area (Å²) in [7, 11) is 0. The zero-order valence-electron chi connectivity index (χ0n) is 11.1. The number of thiophene rings is 1. The molecule has 1 saturated carbocycles. The fourth-order valence-corrected chi connectivity index (χ4v) is 3.80. The van der Waals surface area contributed by atoms with Crippen LogP contribution in [0, 0.1) is 0 Å². The van der Waals surface area contributed by atoms with Crippen molar-refractivity contribution in [2.45, 2.75) is 37.9 Å². The minimum absolute atomic E-state index is 0.201. The molecule has 3 rings (SSSR count). The molecule has 18 heavy (non-hydrogen) atoms. The lowest BCUT2D eigenvalue weighted by atomic mass is 10.0. The number of nitrogens with zero attached hydrogens (tertiary/aromatic N) is 2. The van der Waals surface area contributed by atoms with E-state index in [0.717, 1.165) is 6.04 Å². The van der Waals surface area contributed by atoms with Crippen LogP contribution in [0.1, 0.15) is 31.4 Å². The van der Waals surface area contributed by atoms with Gasteiger partial charge in [0.1, 0.15) is 0 Å². The average molecular weight is 265 g/mol. The van der Waals surface area contributed by atoms with Crippen molar-refractivity contribution in [3.8, 4) is 0 Å². The summed E-state index contributed by atoms with van der Waals surface area (Å²) in [6.45, 7) is 6.91. The van der Waals surface area contributed by atoms with E-state index in [2.05, 4.69) is 33.6 Å². The molecule has 2 aliphatic rings. The van der Waals surface area contributed by atoms with Gasteiger partial charge in [-0.15, -0.1) is 0 Å². The molecule has 1 aliphatic heterocycles. The third-order valence-electron chi connectivity index (χ3n) is 4.19. The first-order valence-corrected chi connectivity index (χ1v) is 7.96. The Morgan fingerprint density at radius 2 is 2.00 bits per heavy atom. The highest BCUT2D eigenvalue weighted by molar-refractivity contribution is 7.07. The van der Waals surface area contributed by atoms with Gasteiger partial charge >= 0.3 is 0 Å². The van der Waals surface area contributed by atoms with Crippen molar-refractivity contribution in [1.82, 2.24) is 9.80 Å². The zero-order chi connectivity index (χ0) is 12.5. The molecule has 2 atom stereocenters. The Hall–Kier alpha value is -0.420. The van der Waals surface area contributed by atoms with Gasteiger partial charge in [0, 0.05) is 38.3 Å². The normalized spacial score (nSPS) is 26.1. The number of nitrogens with two attached hydrogens (primary N) is 1. The molecule has 1 saturated heterocycles. The molecule has 0 amide bonds. The minimum atomic E-state index is 0.201. The molecule has 3 nitrogen and oxygen atoms in total. The van der Waals surface area contributed by atoms with Crippen LogP contribution in [0.2, 0.25) is 0 Å². The summed E-state index contributed by atoms with van der Waals surface area (Å²) >= 11 is 1.77. The second-order valence-corrected chi connectivity index (χ2v) is 6.44. The Bertz CT molecular complexity index is 364. The summed E-state index contributed by atoms with van der Waals surface area (Å²) in [6.07, 6.45) is 2.84. The molecule has 4 heteroatoms. The Morgan fingerprint density at radius 3 is 2.50 bits per heavy atom. The highest BCUT2D eigenvalue weighted by Crippen LogP contribution is 2.31. The molecule has 0 spiro atoms. The van der Waals surface area contributed by atoms with Crippen molar-refractivity contribution in [2.24, 2.45) is 5.73 Å². The molecule has 0 radical (unpaired) electrons. The molecular formula is C14H23N3S. The van der Waals surface area contributed by atoms with E-state index in [0.29, 0.717) is 6.04 Å². The van der Waals surface area contributed by atoms with Gasteiger partial charge in [0.15, 0.2) is 0 Å². The van der Waals surface area contributed by atoms with E-state index in [4.69, 9.17) is 5.73 Å². The van der Waals surface area contributed by atoms with Crippen LogP contribution in [0.5, 0.6) is 0 Å². The fourth-order valence-electron chi connectivity index (χ4n) is 3.11. The summed E-state index contributed by atoms with van der Waals surface area (Å²) in [5.41, 5.74) is 7.61. The third kappa shape index (κ3) is 2.62. The van der Waals surface area contributed by atoms with E-state index in [1.807, 2.05) is 0 Å². The quantitative estimate of drug-likeness (QED) is 0.903. The Morgan fingerprint density at radius 1 is 1.28 bits per heavy atom. The average Bonchev–Trinajstić information content (AvgIpc) is 3.08. The first-order chi connectivity index (χ1) is 8.75. The van der Waals surface area contributed by atoms with Crippen molar-refractivity contribution < 1.29 is 0 Å². The maximum absolute atomic E-state index is 6.21. The van der Waals surface area contributed by atoms with Crippen LogP contribution in [0.3, 0.4) is 0 Å². The van der Waals surface area contributed by atoms with Gasteiger partial charge in [0.2, 0.25) is 0 Å². The molecule has 100 valence electrons. The maximum Gasteiger partial charge on any atom is 0.0505 e. The summed E-state index contributed by atoms with van der Waals surface area (Å²) in [4.78, 5) is 5.23. The van der Waals surface area contributed by atoms with Crippen molar-refractivity contribution in [2.75, 3.05) is 26.2 Å². The van der Waals surface area contributed by atoms with Gasteiger partial charge in [-0.05, 0) is 42.2 Å². The van der Waals surface area contributed by atoms with Gasteiger partial charge in [-0.1, -0.05) is 0 Å². The van der Waals surface area contributed by atoms with E-state index in [1.165, 1.54) is 44.6 Å². The fraction of sp³-hybridized carbons (Fsp3) is 0.714. The molecule has 2 fully saturated rings. The lowest BCUT2D eigenvalue weighted by molar-refractivity contribution is 0.0827. The van der Waals surface area contributed by atoms with E-state index in [-0.39, 0.29) is 6.04 Å². The van der Waals surface area contributed by atoms with Crippen LogP contribution in [0.25, 0.3) is 0 Å². The summed E-state index contributed by atoms with van der Waals surface area (Å²) in [6, 6.07) is 3.73. The molecule has 2 unspecified atom stereocenters. The smallest absolute Gasteiger partial charge is 0.0505 e. The second kappa shape index (κ2) is 5.29. The number of rotatable bonds is 4. The van der Waals surface area contributed by atoms with Gasteiger partial charge in [0.05, 0.1) is 6.04 Å². The summed E-state index contributed by atoms with van der Waals surface area (Å²) < 4.78 is 0. The van der Waals surface area contributed by atoms with Crippen LogP contribution in [-0.2, 0) is 0 Å². The molecule has 2 heterocycles. The minimum Gasteiger partial charge on any atom is -0.326 e. The Balaban J connectivity index is 1.65. The van der Waals surface area contributed by atoms with E-state index >= 15 is 0 Å². The second-order valence-electron chi connectivity index (χ2n) is 5.66. The molecule has 0 aromatic carbocycles. The number of hydrogen-bond acceptors (Lipinski definition) is 4. The van der Waals surface area contributed by atoms with Crippen molar-refractivity contribution >= 4 is 11.3 Å². The SMILES string of the molecule is CC(N)C(c1ccsc1)N1CCN(C2CC2)CC1. The monoisotopic (exact) mass is 265 g/mol. The van der Waals surface area contributed by atoms with Crippen LogP contribution in [-0.4, -0.2) is 48.1 Å². The lowest BCUT2D eigenvalue weighted by Gasteiger charge is -2.40. The van der Waals surface area contributed by atoms with Gasteiger partial charge < -0.3 is 5.73 Å². The topological polar surface area (TPSA) is 32.5 Å². The third-order valence-corrected chi connectivity index (χ3v) is 4.89. The van der Waals surface area contributed by atoms with E-state index in [1.54, 1.807) is 11.3 Å². The van der Waals surface area contributed by atoms with Crippen LogP contribution < -0.4 is 5.73 Å². The van der Waals surface area contributed by atoms with E-state index in [9.17, 15) is 0 Å². The van der Waals surface area contributed by atoms with E-state index < -0.39 is 0 Å². The molecule has 1 aromatic heterocycles. The highest BCUT2D eigenvalue weighted by Gasteiger charge is 2.34. The Labute approximate surface area is 114 Å². The van der Waals surface area contributed by atoms with Crippen molar-refractivity contribution in [3.05, 3.63) is 22.4 Å². The van der Waals surface area contributed by atoms with Gasteiger partial charge in [-0.25, -0.2) is 0 Å². The maximum atomic E-state index is 6.21. The zero-order valence-corrected chi connectivity index (χ0v) is 11.9. The summed E-state index contributed by atoms with van der Waals surface area (Å²) in [5.74, 6) is 0. The molecule has 0 bridgehead atoms. The van der Waals surface area contributed by atoms with Crippen LogP contribution >= 0.6 is 11.3 Å². The first kappa shape index (κ1) is 12.6. The summed E-state index contributed by atoms with van der Waals surface area (Å²) in [5, 5.41) is 4.41. The van der Waals surface area contributed by atoms with Crippen molar-refractivity contribution in [3.63, 3.8) is 0 Å². The standard InChI is InChI=1S/C14H23N3S/c1-11(15)14(12-4-9-18-10-12)17-7-5-16(6-8-17)13-2-3-13/h4,9-11,13-14H,2-3,5-8,15H2,1H3. The van der Waals surface area contributed by atoms with Crippen LogP contribution in [0.4, 0.5) is 0 Å². The van der Waals surface area contributed by atoms with Crippen molar-refractivity contribution in [1.29, 1.82) is 0 Å². The van der Waals surface area contributed by atoms with Crippen LogP contribution in [0.15, 0.2) is 16.8 Å². The van der Waals surface area contributed by atoms with Gasteiger partial charge in [-0.3, -0.25) is 9.80 Å². The largest absolute Gasteiger partial charge is 0.326 e.